The molecule has 0 aliphatic carbocycles. The molecule has 0 radical (unpaired) electrons. The lowest BCUT2D eigenvalue weighted by molar-refractivity contribution is -0.192. The van der Waals surface area contributed by atoms with E-state index in [4.69, 9.17) is 9.90 Å². The van der Waals surface area contributed by atoms with Gasteiger partial charge in [-0.15, -0.1) is 0 Å². The first-order valence-electron chi connectivity index (χ1n) is 11.6. The number of aromatic amines is 1. The summed E-state index contributed by atoms with van der Waals surface area (Å²) >= 11 is 3.48. The number of hydrogen-bond donors (Lipinski definition) is 2. The van der Waals surface area contributed by atoms with E-state index in [1.165, 1.54) is 6.33 Å². The third kappa shape index (κ3) is 6.02. The zero-order chi connectivity index (χ0) is 28.2. The summed E-state index contributed by atoms with van der Waals surface area (Å²) < 4.78 is 34.4. The van der Waals surface area contributed by atoms with Gasteiger partial charge in [0, 0.05) is 46.8 Å². The van der Waals surface area contributed by atoms with E-state index in [2.05, 4.69) is 53.0 Å². The molecule has 2 atom stereocenters. The molecule has 1 aromatic carbocycles. The Bertz CT molecular complexity index is 1570. The minimum absolute atomic E-state index is 0.0556. The molecule has 1 aliphatic rings. The van der Waals surface area contributed by atoms with Crippen molar-refractivity contribution in [1.82, 2.24) is 24.7 Å². The smallest absolute Gasteiger partial charge is 0.475 e. The number of nitrogens with zero attached hydrogens (tertiary/aromatic N) is 7. The molecule has 200 valence electrons. The predicted octanol–water partition coefficient (Wildman–Crippen LogP) is 5.07. The molecule has 0 saturated carbocycles. The van der Waals surface area contributed by atoms with Crippen LogP contribution >= 0.6 is 15.9 Å². The third-order valence-electron chi connectivity index (χ3n) is 6.32. The van der Waals surface area contributed by atoms with Crippen LogP contribution in [0.3, 0.4) is 0 Å². The molecule has 1 aliphatic heterocycles. The van der Waals surface area contributed by atoms with Crippen LogP contribution in [0.2, 0.25) is 0 Å². The largest absolute Gasteiger partial charge is 0.490 e. The Hall–Kier alpha value is -4.43. The molecule has 0 bridgehead atoms. The Balaban J connectivity index is 0.000000448. The summed E-state index contributed by atoms with van der Waals surface area (Å²) in [5.74, 6) is -2.52. The molecule has 3 aromatic heterocycles. The second kappa shape index (κ2) is 11.5. The van der Waals surface area contributed by atoms with Crippen LogP contribution in [0.25, 0.3) is 22.3 Å². The van der Waals surface area contributed by atoms with E-state index in [1.54, 1.807) is 6.20 Å². The standard InChI is InChI=1S/C23H19BrN8.C2HF3O2/c24-19-2-1-3-21(18(19)10-26)31-9-6-15(12-31)20(4-7-25)32-13-16(11-30-32)22-17-5-8-27-23(17)29-14-28-22;3-2(4,5)1(6)7/h1-3,5,8,11,13-15,20H,4,6,9,12H2,(H,27,28,29);(H,6,7)/t15-,20-;/m0./s1. The van der Waals surface area contributed by atoms with Crippen molar-refractivity contribution in [3.8, 4) is 23.4 Å². The number of aromatic nitrogens is 5. The molecular formula is C25H20BrF3N8O2. The molecular weight excluding hydrogens is 581 g/mol. The number of aliphatic carboxylic acids is 1. The average molecular weight is 601 g/mol. The van der Waals surface area contributed by atoms with Gasteiger partial charge in [-0.05, 0) is 40.5 Å². The first-order valence-corrected chi connectivity index (χ1v) is 12.4. The molecule has 0 amide bonds. The molecule has 4 heterocycles. The van der Waals surface area contributed by atoms with Crippen molar-refractivity contribution < 1.29 is 23.1 Å². The van der Waals surface area contributed by atoms with Gasteiger partial charge >= 0.3 is 12.1 Å². The maximum absolute atomic E-state index is 10.6. The lowest BCUT2D eigenvalue weighted by Gasteiger charge is -2.24. The zero-order valence-electron chi connectivity index (χ0n) is 20.1. The molecule has 14 heteroatoms. The third-order valence-corrected chi connectivity index (χ3v) is 6.99. The van der Waals surface area contributed by atoms with Gasteiger partial charge in [0.25, 0.3) is 0 Å². The lowest BCUT2D eigenvalue weighted by atomic mass is 9.96. The van der Waals surface area contributed by atoms with Gasteiger partial charge in [0.2, 0.25) is 0 Å². The molecule has 4 aromatic rings. The van der Waals surface area contributed by atoms with Gasteiger partial charge in [-0.3, -0.25) is 4.68 Å². The van der Waals surface area contributed by atoms with Crippen molar-refractivity contribution in [3.05, 3.63) is 59.2 Å². The van der Waals surface area contributed by atoms with E-state index in [-0.39, 0.29) is 12.0 Å². The summed E-state index contributed by atoms with van der Waals surface area (Å²) in [5, 5.41) is 31.8. The SMILES string of the molecule is N#CC[C@@H]([C@H]1CCN(c2cccc(Br)c2C#N)C1)n1cc(-c2ncnc3[nH]ccc23)cn1.O=C(O)C(F)(F)F. The maximum atomic E-state index is 10.6. The Kier molecular flexibility index (Phi) is 8.16. The fourth-order valence-corrected chi connectivity index (χ4v) is 4.97. The topological polar surface area (TPSA) is 148 Å². The number of alkyl halides is 3. The van der Waals surface area contributed by atoms with Gasteiger partial charge in [-0.1, -0.05) is 6.07 Å². The van der Waals surface area contributed by atoms with Crippen LogP contribution in [0.5, 0.6) is 0 Å². The van der Waals surface area contributed by atoms with Crippen LogP contribution in [0, 0.1) is 28.6 Å². The number of anilines is 1. The van der Waals surface area contributed by atoms with Gasteiger partial charge in [0.05, 0.1) is 41.7 Å². The highest BCUT2D eigenvalue weighted by Crippen LogP contribution is 2.36. The number of benzene rings is 1. The number of rotatable bonds is 5. The fourth-order valence-electron chi connectivity index (χ4n) is 4.52. The fraction of sp³-hybridized carbons (Fsp3) is 0.280. The van der Waals surface area contributed by atoms with Crippen LogP contribution in [0.15, 0.2) is 53.7 Å². The van der Waals surface area contributed by atoms with E-state index in [1.807, 2.05) is 41.3 Å². The van der Waals surface area contributed by atoms with Crippen LogP contribution in [0.4, 0.5) is 18.9 Å². The zero-order valence-corrected chi connectivity index (χ0v) is 21.7. The lowest BCUT2D eigenvalue weighted by Crippen LogP contribution is -2.25. The highest BCUT2D eigenvalue weighted by molar-refractivity contribution is 9.10. The molecule has 39 heavy (non-hydrogen) atoms. The monoisotopic (exact) mass is 600 g/mol. The van der Waals surface area contributed by atoms with Crippen molar-refractivity contribution in [3.63, 3.8) is 0 Å². The predicted molar refractivity (Wildman–Crippen MR) is 137 cm³/mol. The van der Waals surface area contributed by atoms with E-state index in [9.17, 15) is 23.7 Å². The summed E-state index contributed by atoms with van der Waals surface area (Å²) in [6, 6.07) is 12.3. The van der Waals surface area contributed by atoms with Crippen molar-refractivity contribution in [2.45, 2.75) is 25.1 Å². The van der Waals surface area contributed by atoms with E-state index < -0.39 is 12.1 Å². The number of carboxylic acids is 1. The minimum Gasteiger partial charge on any atom is -0.475 e. The van der Waals surface area contributed by atoms with Crippen molar-refractivity contribution in [2.75, 3.05) is 18.0 Å². The first kappa shape index (κ1) is 27.6. The number of nitriles is 2. The first-order chi connectivity index (χ1) is 18.6. The van der Waals surface area contributed by atoms with Gasteiger partial charge < -0.3 is 15.0 Å². The van der Waals surface area contributed by atoms with E-state index in [0.717, 1.165) is 52.0 Å². The van der Waals surface area contributed by atoms with Gasteiger partial charge in [0.1, 0.15) is 18.0 Å². The number of fused-ring (bicyclic) bond motifs is 1. The van der Waals surface area contributed by atoms with Crippen molar-refractivity contribution in [1.29, 1.82) is 10.5 Å². The normalized spacial score (nSPS) is 15.7. The summed E-state index contributed by atoms with van der Waals surface area (Å²) in [4.78, 5) is 22.9. The number of carboxylic acid groups (broad SMARTS) is 1. The summed E-state index contributed by atoms with van der Waals surface area (Å²) in [5.41, 5.74) is 4.07. The molecule has 5 rings (SSSR count). The summed E-state index contributed by atoms with van der Waals surface area (Å²) in [6.45, 7) is 1.60. The molecule has 2 N–H and O–H groups in total. The number of halogens is 4. The van der Waals surface area contributed by atoms with Gasteiger partial charge in [-0.25, -0.2) is 14.8 Å². The van der Waals surface area contributed by atoms with Crippen LogP contribution in [-0.2, 0) is 4.79 Å². The number of nitrogens with one attached hydrogen (secondary N) is 1. The number of carbonyl (C=O) groups is 1. The minimum atomic E-state index is -5.08. The summed E-state index contributed by atoms with van der Waals surface area (Å²) in [6.07, 6.45) is 3.36. The Morgan fingerprint density at radius 2 is 2.05 bits per heavy atom. The second-order valence-corrected chi connectivity index (χ2v) is 9.50. The van der Waals surface area contributed by atoms with Crippen molar-refractivity contribution >= 4 is 38.6 Å². The average Bonchev–Trinajstić information content (AvgIpc) is 3.68. The van der Waals surface area contributed by atoms with E-state index in [0.29, 0.717) is 12.0 Å². The number of H-pyrrole nitrogens is 1. The van der Waals surface area contributed by atoms with Crippen LogP contribution < -0.4 is 4.90 Å². The Morgan fingerprint density at radius 1 is 1.28 bits per heavy atom. The molecule has 10 nitrogen and oxygen atoms in total. The molecule has 0 spiro atoms. The molecule has 1 fully saturated rings. The summed E-state index contributed by atoms with van der Waals surface area (Å²) in [7, 11) is 0. The van der Waals surface area contributed by atoms with Crippen LogP contribution in [-0.4, -0.2) is 55.1 Å². The van der Waals surface area contributed by atoms with Gasteiger partial charge in [0.15, 0.2) is 0 Å². The van der Waals surface area contributed by atoms with Crippen molar-refractivity contribution in [2.24, 2.45) is 5.92 Å². The quantitative estimate of drug-likeness (QED) is 0.322. The highest BCUT2D eigenvalue weighted by atomic mass is 79.9. The highest BCUT2D eigenvalue weighted by Gasteiger charge is 2.38. The molecule has 0 unspecified atom stereocenters. The number of hydrogen-bond acceptors (Lipinski definition) is 7. The van der Waals surface area contributed by atoms with Crippen LogP contribution in [0.1, 0.15) is 24.4 Å². The maximum Gasteiger partial charge on any atom is 0.490 e. The van der Waals surface area contributed by atoms with E-state index >= 15 is 0 Å². The second-order valence-electron chi connectivity index (χ2n) is 8.64. The Morgan fingerprint density at radius 3 is 2.74 bits per heavy atom. The molecule has 1 saturated heterocycles. The Labute approximate surface area is 228 Å². The van der Waals surface area contributed by atoms with Gasteiger partial charge in [-0.2, -0.15) is 28.8 Å².